The maximum Gasteiger partial charge on any atom is 0.209 e. The van der Waals surface area contributed by atoms with Gasteiger partial charge < -0.3 is 4.90 Å². The van der Waals surface area contributed by atoms with Crippen LogP contribution in [0.25, 0.3) is 0 Å². The summed E-state index contributed by atoms with van der Waals surface area (Å²) in [6.45, 7) is 7.11. The van der Waals surface area contributed by atoms with Gasteiger partial charge in [-0.2, -0.15) is 0 Å². The van der Waals surface area contributed by atoms with Crippen molar-refractivity contribution in [2.75, 3.05) is 6.54 Å². The predicted octanol–water partition coefficient (Wildman–Crippen LogP) is 2.04. The lowest BCUT2D eigenvalue weighted by Crippen LogP contribution is -2.26. The lowest BCUT2D eigenvalue weighted by molar-refractivity contribution is -0.118. The number of likely N-dealkylation sites (tertiary alicyclic amines) is 1. The quantitative estimate of drug-likeness (QED) is 0.562. The summed E-state index contributed by atoms with van der Waals surface area (Å²) < 4.78 is 0. The van der Waals surface area contributed by atoms with Crippen molar-refractivity contribution >= 4 is 6.41 Å². The van der Waals surface area contributed by atoms with Crippen molar-refractivity contribution in [1.29, 1.82) is 0 Å². The Labute approximate surface area is 69.6 Å². The van der Waals surface area contributed by atoms with Crippen LogP contribution in [0.2, 0.25) is 0 Å². The summed E-state index contributed by atoms with van der Waals surface area (Å²) in [7, 11) is 0. The number of nitrogens with zero attached hydrogens (tertiary/aromatic N) is 1. The minimum absolute atomic E-state index is 0.544. The van der Waals surface area contributed by atoms with E-state index in [0.717, 1.165) is 19.4 Å². The zero-order chi connectivity index (χ0) is 8.69. The number of amides is 1. The molecule has 2 nitrogen and oxygen atoms in total. The van der Waals surface area contributed by atoms with E-state index in [1.54, 1.807) is 0 Å². The fourth-order valence-corrected chi connectivity index (χ4v) is 1.44. The molecule has 0 aromatic heterocycles. The van der Waals surface area contributed by atoms with Gasteiger partial charge >= 0.3 is 0 Å². The largest absolute Gasteiger partial charge is 0.342 e. The second-order valence-corrected chi connectivity index (χ2v) is 2.55. The molecule has 2 heteroatoms. The number of carbonyl (C=O) groups excluding carboxylic acids is 1. The van der Waals surface area contributed by atoms with Crippen LogP contribution in [0.4, 0.5) is 0 Å². The first-order valence-corrected chi connectivity index (χ1v) is 4.59. The first-order chi connectivity index (χ1) is 5.38. The van der Waals surface area contributed by atoms with Crippen LogP contribution >= 0.6 is 0 Å². The molecule has 0 bridgehead atoms. The second-order valence-electron chi connectivity index (χ2n) is 2.55. The molecule has 1 fully saturated rings. The summed E-state index contributed by atoms with van der Waals surface area (Å²) in [4.78, 5) is 12.2. The van der Waals surface area contributed by atoms with Crippen LogP contribution < -0.4 is 0 Å². The van der Waals surface area contributed by atoms with Crippen molar-refractivity contribution in [3.8, 4) is 0 Å². The van der Waals surface area contributed by atoms with Gasteiger partial charge in [0, 0.05) is 12.6 Å². The Morgan fingerprint density at radius 3 is 2.55 bits per heavy atom. The molecule has 0 radical (unpaired) electrons. The molecule has 0 aromatic carbocycles. The van der Waals surface area contributed by atoms with Crippen molar-refractivity contribution in [3.63, 3.8) is 0 Å². The highest BCUT2D eigenvalue weighted by Gasteiger charge is 2.20. The molecule has 0 aromatic rings. The highest BCUT2D eigenvalue weighted by molar-refractivity contribution is 5.48. The van der Waals surface area contributed by atoms with Crippen molar-refractivity contribution < 1.29 is 4.79 Å². The first-order valence-electron chi connectivity index (χ1n) is 4.59. The summed E-state index contributed by atoms with van der Waals surface area (Å²) >= 11 is 0. The van der Waals surface area contributed by atoms with E-state index in [1.807, 2.05) is 18.7 Å². The third kappa shape index (κ3) is 2.91. The zero-order valence-corrected chi connectivity index (χ0v) is 7.84. The number of hydrogen-bond acceptors (Lipinski definition) is 1. The van der Waals surface area contributed by atoms with Crippen molar-refractivity contribution in [1.82, 2.24) is 4.90 Å². The molecule has 1 amide bonds. The van der Waals surface area contributed by atoms with Crippen LogP contribution in [0.3, 0.4) is 0 Å². The summed E-state index contributed by atoms with van der Waals surface area (Å²) in [6.07, 6.45) is 4.48. The van der Waals surface area contributed by atoms with Crippen LogP contribution in [0.5, 0.6) is 0 Å². The predicted molar refractivity (Wildman–Crippen MR) is 47.4 cm³/mol. The van der Waals surface area contributed by atoms with Crippen LogP contribution in [0, 0.1) is 0 Å². The SMILES string of the molecule is CC.CCC1CCCN1C=O. The van der Waals surface area contributed by atoms with Crippen LogP contribution in [-0.4, -0.2) is 23.9 Å². The summed E-state index contributed by atoms with van der Waals surface area (Å²) in [6, 6.07) is 0.544. The third-order valence-corrected chi connectivity index (χ3v) is 2.03. The molecule has 0 aliphatic carbocycles. The lowest BCUT2D eigenvalue weighted by Gasteiger charge is -2.16. The molecule has 1 rings (SSSR count). The van der Waals surface area contributed by atoms with Gasteiger partial charge in [-0.05, 0) is 19.3 Å². The molecular weight excluding hydrogens is 138 g/mol. The molecule has 1 saturated heterocycles. The summed E-state index contributed by atoms with van der Waals surface area (Å²) in [5.74, 6) is 0. The van der Waals surface area contributed by atoms with E-state index in [0.29, 0.717) is 6.04 Å². The van der Waals surface area contributed by atoms with Gasteiger partial charge in [-0.25, -0.2) is 0 Å². The van der Waals surface area contributed by atoms with Crippen LogP contribution in [0.15, 0.2) is 0 Å². The highest BCUT2D eigenvalue weighted by atomic mass is 16.1. The van der Waals surface area contributed by atoms with Gasteiger partial charge in [0.25, 0.3) is 0 Å². The van der Waals surface area contributed by atoms with Gasteiger partial charge in [0.05, 0.1) is 0 Å². The summed E-state index contributed by atoms with van der Waals surface area (Å²) in [5, 5.41) is 0. The van der Waals surface area contributed by atoms with E-state index in [1.165, 1.54) is 12.8 Å². The average Bonchev–Trinajstić information content (AvgIpc) is 2.54. The van der Waals surface area contributed by atoms with Gasteiger partial charge in [0.2, 0.25) is 6.41 Å². The fraction of sp³-hybridized carbons (Fsp3) is 0.889. The molecule has 1 aliphatic rings. The van der Waals surface area contributed by atoms with Crippen molar-refractivity contribution in [2.45, 2.75) is 46.1 Å². The van der Waals surface area contributed by atoms with E-state index in [2.05, 4.69) is 6.92 Å². The number of hydrogen-bond donors (Lipinski definition) is 0. The van der Waals surface area contributed by atoms with Crippen molar-refractivity contribution in [3.05, 3.63) is 0 Å². The van der Waals surface area contributed by atoms with Gasteiger partial charge in [-0.3, -0.25) is 4.79 Å². The van der Waals surface area contributed by atoms with Gasteiger partial charge in [0.1, 0.15) is 0 Å². The Kier molecular flexibility index (Phi) is 5.90. The Morgan fingerprint density at radius 2 is 2.18 bits per heavy atom. The molecule has 0 spiro atoms. The van der Waals surface area contributed by atoms with Crippen molar-refractivity contribution in [2.24, 2.45) is 0 Å². The van der Waals surface area contributed by atoms with E-state index >= 15 is 0 Å². The maximum absolute atomic E-state index is 10.3. The van der Waals surface area contributed by atoms with Gasteiger partial charge in [-0.1, -0.05) is 20.8 Å². The monoisotopic (exact) mass is 157 g/mol. The highest BCUT2D eigenvalue weighted by Crippen LogP contribution is 2.16. The van der Waals surface area contributed by atoms with Gasteiger partial charge in [0.15, 0.2) is 0 Å². The molecule has 0 N–H and O–H groups in total. The molecule has 66 valence electrons. The average molecular weight is 157 g/mol. The molecule has 11 heavy (non-hydrogen) atoms. The number of carbonyl (C=O) groups is 1. The van der Waals surface area contributed by atoms with Gasteiger partial charge in [-0.15, -0.1) is 0 Å². The van der Waals surface area contributed by atoms with E-state index in [-0.39, 0.29) is 0 Å². The topological polar surface area (TPSA) is 20.3 Å². The minimum Gasteiger partial charge on any atom is -0.342 e. The van der Waals surface area contributed by atoms with E-state index < -0.39 is 0 Å². The maximum atomic E-state index is 10.3. The van der Waals surface area contributed by atoms with E-state index in [4.69, 9.17) is 0 Å². The molecular formula is C9H19NO. The third-order valence-electron chi connectivity index (χ3n) is 2.03. The van der Waals surface area contributed by atoms with Crippen LogP contribution in [0.1, 0.15) is 40.0 Å². The Morgan fingerprint density at radius 1 is 1.55 bits per heavy atom. The molecule has 0 saturated carbocycles. The second kappa shape index (κ2) is 6.20. The zero-order valence-electron chi connectivity index (χ0n) is 7.84. The molecule has 1 aliphatic heterocycles. The first kappa shape index (κ1) is 10.5. The molecule has 1 heterocycles. The number of rotatable bonds is 2. The Balaban J connectivity index is 0.000000461. The Hall–Kier alpha value is -0.530. The smallest absolute Gasteiger partial charge is 0.209 e. The standard InChI is InChI=1S/C7H13NO.C2H6/c1-2-7-4-3-5-8(7)6-9;1-2/h6-7H,2-5H2,1H3;1-2H3. The normalized spacial score (nSPS) is 22.5. The summed E-state index contributed by atoms with van der Waals surface area (Å²) in [5.41, 5.74) is 0. The molecule has 1 atom stereocenters. The minimum atomic E-state index is 0.544. The molecule has 1 unspecified atom stereocenters. The lowest BCUT2D eigenvalue weighted by atomic mass is 10.2. The van der Waals surface area contributed by atoms with E-state index in [9.17, 15) is 4.79 Å². The fourth-order valence-electron chi connectivity index (χ4n) is 1.44. The Bertz CT molecular complexity index is 104. The van der Waals surface area contributed by atoms with Crippen LogP contribution in [-0.2, 0) is 4.79 Å².